The SMILES string of the molecule is COC(=O)c1ccc(/C=N/NC(=O)COc2ccc(C(C)(C)CC(C)(C)C)cc2[N+](=O)[O-])cc1. The number of nitrogens with zero attached hydrogens (tertiary/aromatic N) is 2. The smallest absolute Gasteiger partial charge is 0.337 e. The van der Waals surface area contributed by atoms with Gasteiger partial charge in [-0.05, 0) is 46.6 Å². The van der Waals surface area contributed by atoms with E-state index in [0.29, 0.717) is 11.1 Å². The van der Waals surface area contributed by atoms with Crippen molar-refractivity contribution in [1.82, 2.24) is 5.43 Å². The first kappa shape index (κ1) is 26.5. The van der Waals surface area contributed by atoms with Crippen molar-refractivity contribution in [2.75, 3.05) is 13.7 Å². The number of esters is 1. The summed E-state index contributed by atoms with van der Waals surface area (Å²) in [6.07, 6.45) is 2.23. The van der Waals surface area contributed by atoms with Crippen LogP contribution in [0.4, 0.5) is 5.69 Å². The van der Waals surface area contributed by atoms with Crippen LogP contribution in [-0.2, 0) is 14.9 Å². The first-order valence-electron chi connectivity index (χ1n) is 10.7. The Hall–Kier alpha value is -3.75. The maximum absolute atomic E-state index is 12.1. The van der Waals surface area contributed by atoms with E-state index in [1.807, 2.05) is 13.8 Å². The Kier molecular flexibility index (Phi) is 8.51. The van der Waals surface area contributed by atoms with Crippen molar-refractivity contribution in [2.24, 2.45) is 10.5 Å². The molecule has 0 aromatic heterocycles. The summed E-state index contributed by atoms with van der Waals surface area (Å²) >= 11 is 0. The average molecular weight is 470 g/mol. The van der Waals surface area contributed by atoms with Gasteiger partial charge in [0.2, 0.25) is 0 Å². The van der Waals surface area contributed by atoms with Gasteiger partial charge in [0.15, 0.2) is 12.4 Å². The van der Waals surface area contributed by atoms with Crippen molar-refractivity contribution in [3.8, 4) is 5.75 Å². The standard InChI is InChI=1S/C25H31N3O6/c1-24(2,3)16-25(4,5)19-11-12-21(20(13-19)28(31)32)34-15-22(29)27-26-14-17-7-9-18(10-8-17)23(30)33-6/h7-14H,15-16H2,1-6H3,(H,27,29)/b26-14+. The number of nitro benzene ring substituents is 1. The molecule has 34 heavy (non-hydrogen) atoms. The van der Waals surface area contributed by atoms with Crippen LogP contribution in [0.25, 0.3) is 0 Å². The van der Waals surface area contributed by atoms with Crippen LogP contribution in [0.2, 0.25) is 0 Å². The fourth-order valence-electron chi connectivity index (χ4n) is 3.81. The highest BCUT2D eigenvalue weighted by Crippen LogP contribution is 2.39. The van der Waals surface area contributed by atoms with Gasteiger partial charge >= 0.3 is 11.7 Å². The van der Waals surface area contributed by atoms with Gasteiger partial charge in [0.05, 0.1) is 23.8 Å². The molecule has 2 aromatic carbocycles. The van der Waals surface area contributed by atoms with Gasteiger partial charge in [-0.3, -0.25) is 14.9 Å². The monoisotopic (exact) mass is 469 g/mol. The molecule has 0 saturated heterocycles. The van der Waals surface area contributed by atoms with Crippen LogP contribution in [0.1, 0.15) is 62.5 Å². The van der Waals surface area contributed by atoms with Crippen molar-refractivity contribution in [1.29, 1.82) is 0 Å². The van der Waals surface area contributed by atoms with E-state index < -0.39 is 23.4 Å². The largest absolute Gasteiger partial charge is 0.477 e. The number of nitrogens with one attached hydrogen (secondary N) is 1. The lowest BCUT2D eigenvalue weighted by molar-refractivity contribution is -0.385. The van der Waals surface area contributed by atoms with Crippen LogP contribution in [0, 0.1) is 15.5 Å². The molecule has 2 aromatic rings. The Morgan fingerprint density at radius 3 is 2.29 bits per heavy atom. The van der Waals surface area contributed by atoms with Gasteiger partial charge in [-0.15, -0.1) is 0 Å². The lowest BCUT2D eigenvalue weighted by Crippen LogP contribution is -2.26. The molecule has 0 fully saturated rings. The third-order valence-corrected chi connectivity index (χ3v) is 5.00. The first-order chi connectivity index (χ1) is 15.8. The zero-order valence-electron chi connectivity index (χ0n) is 20.4. The maximum Gasteiger partial charge on any atom is 0.337 e. The number of nitro groups is 1. The van der Waals surface area contributed by atoms with E-state index in [-0.39, 0.29) is 22.3 Å². The third kappa shape index (κ3) is 7.68. The molecule has 0 radical (unpaired) electrons. The number of hydrogen-bond donors (Lipinski definition) is 1. The lowest BCUT2D eigenvalue weighted by atomic mass is 9.72. The number of hydrazone groups is 1. The lowest BCUT2D eigenvalue weighted by Gasteiger charge is -2.33. The average Bonchev–Trinajstić information content (AvgIpc) is 2.75. The van der Waals surface area contributed by atoms with E-state index in [0.717, 1.165) is 12.0 Å². The zero-order valence-corrected chi connectivity index (χ0v) is 20.4. The van der Waals surface area contributed by atoms with Crippen molar-refractivity contribution >= 4 is 23.8 Å². The maximum atomic E-state index is 12.1. The predicted molar refractivity (Wildman–Crippen MR) is 129 cm³/mol. The number of carbonyl (C=O) groups excluding carboxylic acids is 2. The molecule has 9 nitrogen and oxygen atoms in total. The minimum absolute atomic E-state index is 0.0119. The minimum atomic E-state index is -0.575. The number of carbonyl (C=O) groups is 2. The number of ether oxygens (including phenoxy) is 2. The van der Waals surface area contributed by atoms with E-state index in [1.165, 1.54) is 25.5 Å². The van der Waals surface area contributed by atoms with Crippen molar-refractivity contribution in [2.45, 2.75) is 46.5 Å². The molecule has 0 aliphatic rings. The molecule has 1 N–H and O–H groups in total. The van der Waals surface area contributed by atoms with Gasteiger partial charge in [-0.25, -0.2) is 10.2 Å². The second kappa shape index (κ2) is 10.9. The fraction of sp³-hybridized carbons (Fsp3) is 0.400. The van der Waals surface area contributed by atoms with E-state index in [9.17, 15) is 19.7 Å². The number of rotatable bonds is 9. The molecule has 9 heteroatoms. The third-order valence-electron chi connectivity index (χ3n) is 5.00. The summed E-state index contributed by atoms with van der Waals surface area (Å²) in [5, 5.41) is 15.4. The van der Waals surface area contributed by atoms with Crippen molar-refractivity contribution in [3.05, 3.63) is 69.3 Å². The summed E-state index contributed by atoms with van der Waals surface area (Å²) in [4.78, 5) is 34.6. The van der Waals surface area contributed by atoms with Gasteiger partial charge in [0, 0.05) is 6.07 Å². The van der Waals surface area contributed by atoms with E-state index in [4.69, 9.17) is 4.74 Å². The Morgan fingerprint density at radius 2 is 1.74 bits per heavy atom. The summed E-state index contributed by atoms with van der Waals surface area (Å²) in [6, 6.07) is 11.3. The quantitative estimate of drug-likeness (QED) is 0.248. The Labute approximate surface area is 199 Å². The second-order valence-corrected chi connectivity index (χ2v) is 9.76. The molecular formula is C25H31N3O6. The summed E-state index contributed by atoms with van der Waals surface area (Å²) in [5.41, 5.74) is 3.76. The first-order valence-corrected chi connectivity index (χ1v) is 10.7. The van der Waals surface area contributed by atoms with Crippen molar-refractivity contribution in [3.63, 3.8) is 0 Å². The summed E-state index contributed by atoms with van der Waals surface area (Å²) in [7, 11) is 1.30. The molecule has 0 spiro atoms. The Morgan fingerprint density at radius 1 is 1.09 bits per heavy atom. The van der Waals surface area contributed by atoms with Crippen molar-refractivity contribution < 1.29 is 24.0 Å². The molecule has 0 saturated carbocycles. The molecule has 0 aliphatic carbocycles. The Bertz CT molecular complexity index is 1070. The molecule has 1 amide bonds. The number of amides is 1. The molecule has 0 heterocycles. The second-order valence-electron chi connectivity index (χ2n) is 9.76. The van der Waals surface area contributed by atoms with Crippen LogP contribution in [0.5, 0.6) is 5.75 Å². The van der Waals surface area contributed by atoms with Crippen LogP contribution >= 0.6 is 0 Å². The Balaban J connectivity index is 2.01. The predicted octanol–water partition coefficient (Wildman–Crippen LogP) is 4.62. The molecule has 0 atom stereocenters. The topological polar surface area (TPSA) is 120 Å². The van der Waals surface area contributed by atoms with E-state index in [1.54, 1.807) is 30.3 Å². The fourth-order valence-corrected chi connectivity index (χ4v) is 3.81. The van der Waals surface area contributed by atoms with E-state index in [2.05, 4.69) is 36.0 Å². The summed E-state index contributed by atoms with van der Waals surface area (Å²) < 4.78 is 10.0. The van der Waals surface area contributed by atoms with Gasteiger partial charge in [0.25, 0.3) is 5.91 Å². The molecule has 0 aliphatic heterocycles. The highest BCUT2D eigenvalue weighted by molar-refractivity contribution is 5.90. The van der Waals surface area contributed by atoms with Crippen LogP contribution < -0.4 is 10.2 Å². The van der Waals surface area contributed by atoms with Gasteiger partial charge in [-0.1, -0.05) is 52.8 Å². The highest BCUT2D eigenvalue weighted by Gasteiger charge is 2.29. The molecule has 2 rings (SSSR count). The molecule has 0 bridgehead atoms. The van der Waals surface area contributed by atoms with Gasteiger partial charge in [0.1, 0.15) is 0 Å². The number of methoxy groups -OCH3 is 1. The van der Waals surface area contributed by atoms with E-state index >= 15 is 0 Å². The molecule has 182 valence electrons. The van der Waals surface area contributed by atoms with Crippen LogP contribution in [0.3, 0.4) is 0 Å². The van der Waals surface area contributed by atoms with Gasteiger partial charge < -0.3 is 9.47 Å². The summed E-state index contributed by atoms with van der Waals surface area (Å²) in [5.74, 6) is -1.01. The number of benzene rings is 2. The van der Waals surface area contributed by atoms with Gasteiger partial charge in [-0.2, -0.15) is 5.10 Å². The number of hydrogen-bond acceptors (Lipinski definition) is 7. The van der Waals surface area contributed by atoms with Crippen LogP contribution in [-0.4, -0.2) is 36.7 Å². The minimum Gasteiger partial charge on any atom is -0.477 e. The summed E-state index contributed by atoms with van der Waals surface area (Å²) in [6.45, 7) is 10.0. The molecule has 0 unspecified atom stereocenters. The van der Waals surface area contributed by atoms with Crippen LogP contribution in [0.15, 0.2) is 47.6 Å². The molecular weight excluding hydrogens is 438 g/mol. The highest BCUT2D eigenvalue weighted by atomic mass is 16.6. The normalized spacial score (nSPS) is 11.8. The zero-order chi connectivity index (χ0) is 25.5.